The number of hydrogen-bond donors (Lipinski definition) is 1. The van der Waals surface area contributed by atoms with Gasteiger partial charge in [0.15, 0.2) is 0 Å². The number of hydrogen-bond acceptors (Lipinski definition) is 2. The molecule has 24 heavy (non-hydrogen) atoms. The summed E-state index contributed by atoms with van der Waals surface area (Å²) in [5.41, 5.74) is 1.78. The molecule has 0 bridgehead atoms. The molecule has 0 fully saturated rings. The number of halogens is 2. The molecule has 0 unspecified atom stereocenters. The zero-order valence-electron chi connectivity index (χ0n) is 12.5. The number of benzene rings is 2. The van der Waals surface area contributed by atoms with Crippen LogP contribution in [0.15, 0.2) is 71.3 Å². The maximum Gasteiger partial charge on any atom is 0.256 e. The summed E-state index contributed by atoms with van der Waals surface area (Å²) in [5.74, 6) is 0.309. The van der Waals surface area contributed by atoms with Crippen LogP contribution < -0.4 is 5.32 Å². The molecule has 0 aliphatic rings. The Morgan fingerprint density at radius 2 is 1.67 bits per heavy atom. The Kier molecular flexibility index (Phi) is 5.04. The van der Waals surface area contributed by atoms with Crippen LogP contribution in [0.4, 0.5) is 5.69 Å². The molecule has 0 atom stereocenters. The van der Waals surface area contributed by atoms with Crippen molar-refractivity contribution < 1.29 is 9.21 Å². The minimum Gasteiger partial charge on any atom is -0.465 e. The molecule has 0 saturated heterocycles. The van der Waals surface area contributed by atoms with Crippen molar-refractivity contribution in [2.75, 3.05) is 5.32 Å². The zero-order valence-corrected chi connectivity index (χ0v) is 14.0. The Hall–Kier alpha value is -2.49. The van der Waals surface area contributed by atoms with Crippen LogP contribution in [0.1, 0.15) is 11.3 Å². The molecule has 3 rings (SSSR count). The van der Waals surface area contributed by atoms with Crippen LogP contribution >= 0.6 is 23.2 Å². The fourth-order valence-corrected chi connectivity index (χ4v) is 2.76. The summed E-state index contributed by atoms with van der Waals surface area (Å²) < 4.78 is 5.33. The highest BCUT2D eigenvalue weighted by Crippen LogP contribution is 2.25. The minimum absolute atomic E-state index is 0.282. The molecule has 5 heteroatoms. The number of carbonyl (C=O) groups excluding carboxylic acids is 1. The highest BCUT2D eigenvalue weighted by molar-refractivity contribution is 6.35. The van der Waals surface area contributed by atoms with Gasteiger partial charge in [0.1, 0.15) is 5.76 Å². The van der Waals surface area contributed by atoms with E-state index in [0.717, 1.165) is 5.56 Å². The average molecular weight is 358 g/mol. The Morgan fingerprint density at radius 3 is 2.29 bits per heavy atom. The van der Waals surface area contributed by atoms with Gasteiger partial charge in [0, 0.05) is 15.7 Å². The van der Waals surface area contributed by atoms with Gasteiger partial charge in [-0.05, 0) is 42.0 Å². The van der Waals surface area contributed by atoms with Crippen LogP contribution in [0.25, 0.3) is 11.6 Å². The first kappa shape index (κ1) is 16.4. The standard InChI is InChI=1S/C19H13Cl2NO2/c20-14-9-15(21)11-16(10-14)22-19(23)18(12-17-7-4-8-24-17)13-5-2-1-3-6-13/h1-12H,(H,22,23)/b18-12+. The molecule has 0 saturated carbocycles. The number of rotatable bonds is 4. The van der Waals surface area contributed by atoms with Gasteiger partial charge in [-0.15, -0.1) is 0 Å². The third-order valence-corrected chi connectivity index (χ3v) is 3.72. The molecule has 0 aliphatic heterocycles. The number of anilines is 1. The van der Waals surface area contributed by atoms with Crippen LogP contribution in [0.5, 0.6) is 0 Å². The molecule has 0 spiro atoms. The monoisotopic (exact) mass is 357 g/mol. The van der Waals surface area contributed by atoms with E-state index in [1.54, 1.807) is 42.7 Å². The van der Waals surface area contributed by atoms with E-state index in [9.17, 15) is 4.79 Å². The van der Waals surface area contributed by atoms with Gasteiger partial charge < -0.3 is 9.73 Å². The van der Waals surface area contributed by atoms with E-state index in [4.69, 9.17) is 27.6 Å². The summed E-state index contributed by atoms with van der Waals surface area (Å²) in [7, 11) is 0. The third-order valence-electron chi connectivity index (χ3n) is 3.28. The molecule has 3 aromatic rings. The maximum absolute atomic E-state index is 12.8. The molecule has 1 aromatic heterocycles. The summed E-state index contributed by atoms with van der Waals surface area (Å²) >= 11 is 12.0. The van der Waals surface area contributed by atoms with Gasteiger partial charge in [0.25, 0.3) is 5.91 Å². The van der Waals surface area contributed by atoms with Crippen molar-refractivity contribution in [3.63, 3.8) is 0 Å². The summed E-state index contributed by atoms with van der Waals surface area (Å²) in [6.45, 7) is 0. The van der Waals surface area contributed by atoms with Crippen LogP contribution in [0, 0.1) is 0 Å². The molecule has 0 radical (unpaired) electrons. The second-order valence-electron chi connectivity index (χ2n) is 5.05. The minimum atomic E-state index is -0.282. The van der Waals surface area contributed by atoms with E-state index in [2.05, 4.69) is 5.32 Å². The first-order chi connectivity index (χ1) is 11.6. The van der Waals surface area contributed by atoms with Gasteiger partial charge in [-0.2, -0.15) is 0 Å². The largest absolute Gasteiger partial charge is 0.465 e. The van der Waals surface area contributed by atoms with Crippen LogP contribution in [-0.2, 0) is 4.79 Å². The lowest BCUT2D eigenvalue weighted by atomic mass is 10.0. The number of amides is 1. The summed E-state index contributed by atoms with van der Waals surface area (Å²) in [4.78, 5) is 12.8. The lowest BCUT2D eigenvalue weighted by Gasteiger charge is -2.10. The van der Waals surface area contributed by atoms with Crippen molar-refractivity contribution in [1.82, 2.24) is 0 Å². The predicted octanol–water partition coefficient (Wildman–Crippen LogP) is 5.77. The third kappa shape index (κ3) is 4.07. The first-order valence-electron chi connectivity index (χ1n) is 7.20. The number of nitrogens with one attached hydrogen (secondary N) is 1. The lowest BCUT2D eigenvalue weighted by molar-refractivity contribution is -0.111. The first-order valence-corrected chi connectivity index (χ1v) is 7.95. The number of furan rings is 1. The van der Waals surface area contributed by atoms with Gasteiger partial charge in [0.2, 0.25) is 0 Å². The highest BCUT2D eigenvalue weighted by atomic mass is 35.5. The van der Waals surface area contributed by atoms with Gasteiger partial charge >= 0.3 is 0 Å². The second kappa shape index (κ2) is 7.39. The molecular formula is C19H13Cl2NO2. The normalized spacial score (nSPS) is 11.3. The van der Waals surface area contributed by atoms with Gasteiger partial charge in [-0.25, -0.2) is 0 Å². The summed E-state index contributed by atoms with van der Waals surface area (Å²) in [6, 6.07) is 17.8. The Morgan fingerprint density at radius 1 is 0.958 bits per heavy atom. The average Bonchev–Trinajstić information content (AvgIpc) is 3.05. The molecule has 120 valence electrons. The fourth-order valence-electron chi connectivity index (χ4n) is 2.24. The van der Waals surface area contributed by atoms with E-state index in [-0.39, 0.29) is 5.91 Å². The van der Waals surface area contributed by atoms with E-state index in [1.165, 1.54) is 0 Å². The van der Waals surface area contributed by atoms with Gasteiger partial charge in [-0.1, -0.05) is 53.5 Å². The van der Waals surface area contributed by atoms with Crippen molar-refractivity contribution in [3.05, 3.63) is 88.3 Å². The molecular weight excluding hydrogens is 345 g/mol. The molecule has 2 aromatic carbocycles. The Bertz CT molecular complexity index is 851. The Labute approximate surface area is 149 Å². The highest BCUT2D eigenvalue weighted by Gasteiger charge is 2.14. The molecule has 1 amide bonds. The van der Waals surface area contributed by atoms with Crippen LogP contribution in [0.3, 0.4) is 0 Å². The van der Waals surface area contributed by atoms with Crippen LogP contribution in [-0.4, -0.2) is 5.91 Å². The second-order valence-corrected chi connectivity index (χ2v) is 5.92. The van der Waals surface area contributed by atoms with E-state index in [1.807, 2.05) is 30.3 Å². The topological polar surface area (TPSA) is 42.2 Å². The maximum atomic E-state index is 12.8. The predicted molar refractivity (Wildman–Crippen MR) is 98.1 cm³/mol. The van der Waals surface area contributed by atoms with Crippen LogP contribution in [0.2, 0.25) is 10.0 Å². The quantitative estimate of drug-likeness (QED) is 0.602. The molecule has 1 heterocycles. The smallest absolute Gasteiger partial charge is 0.256 e. The van der Waals surface area contributed by atoms with Gasteiger partial charge in [-0.3, -0.25) is 4.79 Å². The van der Waals surface area contributed by atoms with Crippen molar-refractivity contribution >= 4 is 46.4 Å². The number of carbonyl (C=O) groups is 1. The van der Waals surface area contributed by atoms with Gasteiger partial charge in [0.05, 0.1) is 11.8 Å². The lowest BCUT2D eigenvalue weighted by Crippen LogP contribution is -2.13. The van der Waals surface area contributed by atoms with E-state index in [0.29, 0.717) is 27.1 Å². The molecule has 0 aliphatic carbocycles. The molecule has 3 nitrogen and oxygen atoms in total. The Balaban J connectivity index is 1.95. The van der Waals surface area contributed by atoms with Crippen molar-refractivity contribution in [2.24, 2.45) is 0 Å². The molecule has 1 N–H and O–H groups in total. The fraction of sp³-hybridized carbons (Fsp3) is 0. The van der Waals surface area contributed by atoms with E-state index < -0.39 is 0 Å². The van der Waals surface area contributed by atoms with Crippen molar-refractivity contribution in [3.8, 4) is 0 Å². The van der Waals surface area contributed by atoms with E-state index >= 15 is 0 Å². The van der Waals surface area contributed by atoms with Crippen molar-refractivity contribution in [1.29, 1.82) is 0 Å². The SMILES string of the molecule is O=C(Nc1cc(Cl)cc(Cl)c1)/C(=C/c1ccco1)c1ccccc1. The summed E-state index contributed by atoms with van der Waals surface area (Å²) in [5, 5.41) is 3.72. The zero-order chi connectivity index (χ0) is 16.9. The van der Waals surface area contributed by atoms with Crippen molar-refractivity contribution in [2.45, 2.75) is 0 Å². The summed E-state index contributed by atoms with van der Waals surface area (Å²) in [6.07, 6.45) is 3.25.